The molecule has 0 aromatic carbocycles. The van der Waals surface area contributed by atoms with Gasteiger partial charge in [0, 0.05) is 19.2 Å². The molecule has 1 aliphatic heterocycles. The highest BCUT2D eigenvalue weighted by Crippen LogP contribution is 2.18. The predicted octanol–water partition coefficient (Wildman–Crippen LogP) is 0.602. The highest BCUT2D eigenvalue weighted by atomic mass is 16.5. The number of morpholine rings is 1. The van der Waals surface area contributed by atoms with E-state index in [4.69, 9.17) is 9.15 Å². The zero-order valence-corrected chi connectivity index (χ0v) is 13.7. The summed E-state index contributed by atoms with van der Waals surface area (Å²) in [5.41, 5.74) is 1.81. The zero-order chi connectivity index (χ0) is 17.2. The van der Waals surface area contributed by atoms with Crippen molar-refractivity contribution in [2.24, 2.45) is 0 Å². The Morgan fingerprint density at radius 2 is 2.00 bits per heavy atom. The van der Waals surface area contributed by atoms with Crippen molar-refractivity contribution >= 4 is 5.91 Å². The average molecular weight is 332 g/mol. The summed E-state index contributed by atoms with van der Waals surface area (Å²) in [6, 6.07) is 6.45. The Labute approximate surface area is 139 Å². The van der Waals surface area contributed by atoms with Crippen molar-refractivity contribution in [3.8, 4) is 11.5 Å². The molecule has 1 aliphatic rings. The van der Waals surface area contributed by atoms with E-state index in [1.807, 2.05) is 0 Å². The molecule has 3 heterocycles. The van der Waals surface area contributed by atoms with Crippen molar-refractivity contribution in [3.05, 3.63) is 40.9 Å². The molecule has 1 N–H and O–H groups in total. The second kappa shape index (κ2) is 6.58. The number of nitrogens with zero attached hydrogens (tertiary/aromatic N) is 3. The number of carbonyl (C=O) groups is 1. The highest BCUT2D eigenvalue weighted by Gasteiger charge is 2.33. The van der Waals surface area contributed by atoms with Crippen LogP contribution < -0.4 is 11.0 Å². The van der Waals surface area contributed by atoms with Crippen molar-refractivity contribution in [1.82, 2.24) is 20.2 Å². The van der Waals surface area contributed by atoms with Crippen LogP contribution in [0.15, 0.2) is 39.7 Å². The molecule has 0 bridgehead atoms. The fourth-order valence-corrected chi connectivity index (χ4v) is 2.42. The molecule has 0 spiro atoms. The molecule has 128 valence electrons. The molecule has 0 radical (unpaired) electrons. The van der Waals surface area contributed by atoms with Gasteiger partial charge in [0.25, 0.3) is 11.5 Å². The number of carbonyl (C=O) groups excluding carboxylic acids is 1. The van der Waals surface area contributed by atoms with Gasteiger partial charge in [-0.3, -0.25) is 15.0 Å². The van der Waals surface area contributed by atoms with Gasteiger partial charge in [-0.05, 0) is 32.0 Å². The number of furan rings is 1. The second-order valence-corrected chi connectivity index (χ2v) is 6.05. The van der Waals surface area contributed by atoms with E-state index in [0.29, 0.717) is 37.8 Å². The van der Waals surface area contributed by atoms with Gasteiger partial charge in [0.05, 0.1) is 19.5 Å². The zero-order valence-electron chi connectivity index (χ0n) is 13.7. The van der Waals surface area contributed by atoms with Gasteiger partial charge in [-0.2, -0.15) is 5.10 Å². The minimum atomic E-state index is -1.15. The topological polar surface area (TPSA) is 89.6 Å². The first-order valence-corrected chi connectivity index (χ1v) is 7.77. The fraction of sp³-hybridized carbons (Fsp3) is 0.438. The van der Waals surface area contributed by atoms with Crippen LogP contribution in [0.1, 0.15) is 13.8 Å². The molecule has 0 saturated carbocycles. The maximum absolute atomic E-state index is 12.7. The van der Waals surface area contributed by atoms with E-state index in [1.165, 1.54) is 17.0 Å². The molecule has 0 aliphatic carbocycles. The van der Waals surface area contributed by atoms with Crippen molar-refractivity contribution in [2.75, 3.05) is 26.3 Å². The first-order valence-electron chi connectivity index (χ1n) is 7.77. The number of nitrogens with one attached hydrogen (secondary N) is 1. The van der Waals surface area contributed by atoms with Crippen LogP contribution in [0.4, 0.5) is 0 Å². The number of rotatable bonds is 4. The lowest BCUT2D eigenvalue weighted by Gasteiger charge is -2.32. The van der Waals surface area contributed by atoms with Crippen molar-refractivity contribution in [3.63, 3.8) is 0 Å². The summed E-state index contributed by atoms with van der Waals surface area (Å²) in [5, 5.41) is 6.09. The molecule has 0 unspecified atom stereocenters. The molecule has 2 aromatic heterocycles. The summed E-state index contributed by atoms with van der Waals surface area (Å²) in [6.45, 7) is 5.65. The van der Waals surface area contributed by atoms with Gasteiger partial charge < -0.3 is 9.15 Å². The van der Waals surface area contributed by atoms with Crippen molar-refractivity contribution < 1.29 is 13.9 Å². The van der Waals surface area contributed by atoms with Crippen molar-refractivity contribution in [1.29, 1.82) is 0 Å². The molecule has 3 rings (SSSR count). The normalized spacial score (nSPS) is 16.1. The molecular weight excluding hydrogens is 312 g/mol. The van der Waals surface area contributed by atoms with E-state index in [1.54, 1.807) is 37.1 Å². The third kappa shape index (κ3) is 3.24. The first kappa shape index (κ1) is 16.4. The fourth-order valence-electron chi connectivity index (χ4n) is 2.42. The van der Waals surface area contributed by atoms with Gasteiger partial charge in [-0.15, -0.1) is 0 Å². The van der Waals surface area contributed by atoms with E-state index in [-0.39, 0.29) is 11.5 Å². The summed E-state index contributed by atoms with van der Waals surface area (Å²) < 4.78 is 11.7. The smallest absolute Gasteiger partial charge is 0.267 e. The molecule has 8 heteroatoms. The molecule has 1 saturated heterocycles. The standard InChI is InChI=1S/C16H20N4O4/c1-16(2,15(22)18-19-7-10-23-11-8-19)20-14(21)6-5-12(17-20)13-4-3-9-24-13/h3-6,9H,7-8,10-11H2,1-2H3,(H,18,22). The lowest BCUT2D eigenvalue weighted by molar-refractivity contribution is -0.136. The lowest BCUT2D eigenvalue weighted by atomic mass is 10.1. The van der Waals surface area contributed by atoms with Gasteiger partial charge in [-0.25, -0.2) is 9.69 Å². The van der Waals surface area contributed by atoms with E-state index in [2.05, 4.69) is 10.5 Å². The van der Waals surface area contributed by atoms with E-state index < -0.39 is 5.54 Å². The van der Waals surface area contributed by atoms with Gasteiger partial charge in [0.2, 0.25) is 0 Å². The third-order valence-corrected chi connectivity index (χ3v) is 3.93. The Morgan fingerprint density at radius 3 is 2.67 bits per heavy atom. The van der Waals surface area contributed by atoms with Gasteiger partial charge >= 0.3 is 0 Å². The Kier molecular flexibility index (Phi) is 4.50. The summed E-state index contributed by atoms with van der Waals surface area (Å²) in [6.07, 6.45) is 1.53. The van der Waals surface area contributed by atoms with Crippen LogP contribution in [-0.2, 0) is 15.1 Å². The second-order valence-electron chi connectivity index (χ2n) is 6.05. The van der Waals surface area contributed by atoms with Crippen LogP contribution in [0, 0.1) is 0 Å². The van der Waals surface area contributed by atoms with E-state index in [0.717, 1.165) is 0 Å². The van der Waals surface area contributed by atoms with E-state index in [9.17, 15) is 9.59 Å². The van der Waals surface area contributed by atoms with Gasteiger partial charge in [-0.1, -0.05) is 0 Å². The van der Waals surface area contributed by atoms with Crippen LogP contribution in [-0.4, -0.2) is 47.0 Å². The average Bonchev–Trinajstić information content (AvgIpc) is 3.10. The molecule has 1 fully saturated rings. The largest absolute Gasteiger partial charge is 0.463 e. The third-order valence-electron chi connectivity index (χ3n) is 3.93. The molecule has 8 nitrogen and oxygen atoms in total. The molecule has 0 atom stereocenters. The first-order chi connectivity index (χ1) is 11.5. The van der Waals surface area contributed by atoms with E-state index >= 15 is 0 Å². The molecule has 1 amide bonds. The van der Waals surface area contributed by atoms with Crippen LogP contribution in [0.25, 0.3) is 11.5 Å². The summed E-state index contributed by atoms with van der Waals surface area (Å²) >= 11 is 0. The highest BCUT2D eigenvalue weighted by molar-refractivity contribution is 5.83. The Bertz CT molecular complexity index is 761. The number of hydrogen-bond acceptors (Lipinski definition) is 6. The Hall–Kier alpha value is -2.45. The SMILES string of the molecule is CC(C)(C(=O)NN1CCOCC1)n1nc(-c2ccco2)ccc1=O. The van der Waals surface area contributed by atoms with Crippen LogP contribution in [0.2, 0.25) is 0 Å². The number of ether oxygens (including phenoxy) is 1. The minimum absolute atomic E-state index is 0.310. The van der Waals surface area contributed by atoms with Gasteiger partial charge in [0.15, 0.2) is 5.76 Å². The number of aromatic nitrogens is 2. The summed E-state index contributed by atoms with van der Waals surface area (Å²) in [5.74, 6) is 0.226. The monoisotopic (exact) mass is 332 g/mol. The molecule has 24 heavy (non-hydrogen) atoms. The quantitative estimate of drug-likeness (QED) is 0.882. The van der Waals surface area contributed by atoms with Crippen molar-refractivity contribution in [2.45, 2.75) is 19.4 Å². The minimum Gasteiger partial charge on any atom is -0.463 e. The summed E-state index contributed by atoms with van der Waals surface area (Å²) in [7, 11) is 0. The number of hydrazine groups is 1. The van der Waals surface area contributed by atoms with Gasteiger partial charge in [0.1, 0.15) is 11.2 Å². The Balaban J connectivity index is 1.86. The Morgan fingerprint density at radius 1 is 1.25 bits per heavy atom. The maximum Gasteiger partial charge on any atom is 0.267 e. The van der Waals surface area contributed by atoms with Crippen LogP contribution >= 0.6 is 0 Å². The van der Waals surface area contributed by atoms with Crippen LogP contribution in [0.5, 0.6) is 0 Å². The molecule has 2 aromatic rings. The maximum atomic E-state index is 12.7. The number of amides is 1. The number of hydrogen-bond donors (Lipinski definition) is 1. The predicted molar refractivity (Wildman–Crippen MR) is 86.1 cm³/mol. The van der Waals surface area contributed by atoms with Crippen LogP contribution in [0.3, 0.4) is 0 Å². The lowest BCUT2D eigenvalue weighted by Crippen LogP contribution is -2.56. The summed E-state index contributed by atoms with van der Waals surface area (Å²) in [4.78, 5) is 24.9. The molecular formula is C16H20N4O4.